The number of nitrogens with zero attached hydrogens (tertiary/aromatic N) is 1. The van der Waals surface area contributed by atoms with Crippen molar-refractivity contribution in [1.82, 2.24) is 4.98 Å². The van der Waals surface area contributed by atoms with E-state index in [0.717, 1.165) is 12.1 Å². The van der Waals surface area contributed by atoms with Crippen LogP contribution in [0.25, 0.3) is 11.1 Å². The molecule has 1 heterocycles. The van der Waals surface area contributed by atoms with Crippen LogP contribution in [0.1, 0.15) is 0 Å². The summed E-state index contributed by atoms with van der Waals surface area (Å²) in [5, 5.41) is 0.341. The molecule has 2 rings (SSSR count). The maximum atomic E-state index is 13.5. The monoisotopic (exact) mass is 240 g/mol. The molecular weight excluding hydrogens is 234 g/mol. The lowest BCUT2D eigenvalue weighted by Crippen LogP contribution is -1.95. The molecule has 0 aliphatic heterocycles. The summed E-state index contributed by atoms with van der Waals surface area (Å²) >= 11 is 5.74. The summed E-state index contributed by atoms with van der Waals surface area (Å²) in [7, 11) is 0. The zero-order valence-corrected chi connectivity index (χ0v) is 8.80. The van der Waals surface area contributed by atoms with Gasteiger partial charge in [-0.3, -0.25) is 0 Å². The van der Waals surface area contributed by atoms with Crippen LogP contribution in [0.5, 0.6) is 0 Å². The molecule has 0 radical (unpaired) electrons. The predicted octanol–water partition coefficient (Wildman–Crippen LogP) is 3.26. The van der Waals surface area contributed by atoms with Gasteiger partial charge in [-0.1, -0.05) is 11.6 Å². The smallest absolute Gasteiger partial charge is 0.134 e. The van der Waals surface area contributed by atoms with E-state index in [1.807, 2.05) is 0 Å². The molecule has 16 heavy (non-hydrogen) atoms. The quantitative estimate of drug-likeness (QED) is 0.831. The van der Waals surface area contributed by atoms with Crippen molar-refractivity contribution in [2.75, 3.05) is 5.73 Å². The molecule has 0 amide bonds. The molecule has 0 fully saturated rings. The number of halogens is 3. The van der Waals surface area contributed by atoms with Crippen molar-refractivity contribution in [2.45, 2.75) is 0 Å². The molecule has 2 aromatic rings. The summed E-state index contributed by atoms with van der Waals surface area (Å²) in [4.78, 5) is 3.80. The second-order valence-electron chi connectivity index (χ2n) is 3.21. The first-order valence-electron chi connectivity index (χ1n) is 4.44. The average molecular weight is 241 g/mol. The molecule has 0 spiro atoms. The molecule has 82 valence electrons. The molecule has 1 aromatic carbocycles. The topological polar surface area (TPSA) is 38.9 Å². The predicted molar refractivity (Wildman–Crippen MR) is 59.0 cm³/mol. The summed E-state index contributed by atoms with van der Waals surface area (Å²) in [5.41, 5.74) is 6.12. The lowest BCUT2D eigenvalue weighted by molar-refractivity contribution is 0.585. The Labute approximate surface area is 95.7 Å². The number of anilines is 1. The van der Waals surface area contributed by atoms with Gasteiger partial charge in [0.1, 0.15) is 17.5 Å². The van der Waals surface area contributed by atoms with Gasteiger partial charge in [0.05, 0.1) is 5.02 Å². The fourth-order valence-electron chi connectivity index (χ4n) is 1.37. The molecule has 1 aromatic heterocycles. The highest BCUT2D eigenvalue weighted by Gasteiger charge is 2.10. The van der Waals surface area contributed by atoms with Crippen molar-refractivity contribution in [1.29, 1.82) is 0 Å². The van der Waals surface area contributed by atoms with Crippen LogP contribution >= 0.6 is 11.6 Å². The number of hydrogen-bond donors (Lipinski definition) is 1. The minimum absolute atomic E-state index is 0.148. The molecule has 0 saturated heterocycles. The van der Waals surface area contributed by atoms with E-state index in [9.17, 15) is 8.78 Å². The van der Waals surface area contributed by atoms with E-state index in [2.05, 4.69) is 4.98 Å². The molecule has 0 aliphatic rings. The van der Waals surface area contributed by atoms with Crippen LogP contribution < -0.4 is 5.73 Å². The first-order chi connectivity index (χ1) is 7.58. The van der Waals surface area contributed by atoms with E-state index in [1.54, 1.807) is 0 Å². The van der Waals surface area contributed by atoms with Gasteiger partial charge in [0, 0.05) is 23.4 Å². The molecule has 2 N–H and O–H groups in total. The molecule has 2 nitrogen and oxygen atoms in total. The van der Waals surface area contributed by atoms with Crippen LogP contribution in [-0.2, 0) is 0 Å². The maximum absolute atomic E-state index is 13.5. The largest absolute Gasteiger partial charge is 0.383 e. The first kappa shape index (κ1) is 10.8. The second-order valence-corrected chi connectivity index (χ2v) is 3.65. The zero-order chi connectivity index (χ0) is 11.7. The minimum Gasteiger partial charge on any atom is -0.383 e. The summed E-state index contributed by atoms with van der Waals surface area (Å²) in [6.45, 7) is 0. The number of pyridine rings is 1. The van der Waals surface area contributed by atoms with Gasteiger partial charge in [0.2, 0.25) is 0 Å². The molecule has 0 saturated carbocycles. The van der Waals surface area contributed by atoms with Gasteiger partial charge < -0.3 is 5.73 Å². The highest BCUT2D eigenvalue weighted by atomic mass is 35.5. The van der Waals surface area contributed by atoms with E-state index in [0.29, 0.717) is 10.6 Å². The fourth-order valence-corrected chi connectivity index (χ4v) is 1.53. The molecule has 0 aliphatic carbocycles. The Bertz CT molecular complexity index is 544. The number of nitrogens with two attached hydrogens (primary N) is 1. The van der Waals surface area contributed by atoms with Crippen LogP contribution in [-0.4, -0.2) is 4.98 Å². The van der Waals surface area contributed by atoms with Crippen molar-refractivity contribution in [3.05, 3.63) is 47.1 Å². The van der Waals surface area contributed by atoms with Crippen LogP contribution in [0, 0.1) is 11.6 Å². The standard InChI is InChI=1S/C11H7ClF2N2/c12-6-3-9(11(15)16-5-6)8-2-1-7(13)4-10(8)14/h1-5H,(H2,15,16). The van der Waals surface area contributed by atoms with Gasteiger partial charge in [-0.25, -0.2) is 13.8 Å². The van der Waals surface area contributed by atoms with Gasteiger partial charge >= 0.3 is 0 Å². The zero-order valence-electron chi connectivity index (χ0n) is 8.05. The number of nitrogen functional groups attached to an aromatic ring is 1. The van der Waals surface area contributed by atoms with E-state index in [4.69, 9.17) is 17.3 Å². The lowest BCUT2D eigenvalue weighted by Gasteiger charge is -2.06. The molecule has 0 unspecified atom stereocenters. The van der Waals surface area contributed by atoms with Gasteiger partial charge in [0.25, 0.3) is 0 Å². The lowest BCUT2D eigenvalue weighted by atomic mass is 10.1. The van der Waals surface area contributed by atoms with Crippen LogP contribution in [0.3, 0.4) is 0 Å². The second kappa shape index (κ2) is 4.06. The van der Waals surface area contributed by atoms with E-state index >= 15 is 0 Å². The Hall–Kier alpha value is -1.68. The normalized spacial score (nSPS) is 10.4. The minimum atomic E-state index is -0.698. The Morgan fingerprint density at radius 1 is 1.12 bits per heavy atom. The molecule has 5 heteroatoms. The van der Waals surface area contributed by atoms with Crippen molar-refractivity contribution in [3.63, 3.8) is 0 Å². The highest BCUT2D eigenvalue weighted by Crippen LogP contribution is 2.29. The van der Waals surface area contributed by atoms with Crippen LogP contribution in [0.4, 0.5) is 14.6 Å². The highest BCUT2D eigenvalue weighted by molar-refractivity contribution is 6.30. The summed E-state index contributed by atoms with van der Waals surface area (Å²) in [6.07, 6.45) is 1.36. The van der Waals surface area contributed by atoms with Crippen LogP contribution in [0.15, 0.2) is 30.5 Å². The van der Waals surface area contributed by atoms with Crippen molar-refractivity contribution in [2.24, 2.45) is 0 Å². The number of benzene rings is 1. The van der Waals surface area contributed by atoms with E-state index < -0.39 is 11.6 Å². The summed E-state index contributed by atoms with van der Waals surface area (Å²) < 4.78 is 26.2. The Morgan fingerprint density at radius 3 is 2.56 bits per heavy atom. The van der Waals surface area contributed by atoms with Crippen molar-refractivity contribution in [3.8, 4) is 11.1 Å². The Morgan fingerprint density at radius 2 is 1.88 bits per heavy atom. The molecule has 0 atom stereocenters. The molecular formula is C11H7ClF2N2. The number of aromatic nitrogens is 1. The van der Waals surface area contributed by atoms with Gasteiger partial charge in [-0.15, -0.1) is 0 Å². The SMILES string of the molecule is Nc1ncc(Cl)cc1-c1ccc(F)cc1F. The van der Waals surface area contributed by atoms with Crippen molar-refractivity contribution >= 4 is 17.4 Å². The summed E-state index contributed by atoms with van der Waals surface area (Å²) in [5.74, 6) is -1.19. The fraction of sp³-hybridized carbons (Fsp3) is 0. The number of rotatable bonds is 1. The maximum Gasteiger partial charge on any atom is 0.134 e. The van der Waals surface area contributed by atoms with Gasteiger partial charge in [-0.2, -0.15) is 0 Å². The Kier molecular flexibility index (Phi) is 2.75. The van der Waals surface area contributed by atoms with Gasteiger partial charge in [0.15, 0.2) is 0 Å². The average Bonchev–Trinajstić information content (AvgIpc) is 2.22. The first-order valence-corrected chi connectivity index (χ1v) is 4.82. The van der Waals surface area contributed by atoms with Gasteiger partial charge in [-0.05, 0) is 18.2 Å². The Balaban J connectivity index is 2.62. The van der Waals surface area contributed by atoms with Crippen LogP contribution in [0.2, 0.25) is 5.02 Å². The summed E-state index contributed by atoms with van der Waals surface area (Å²) in [6, 6.07) is 4.73. The third-order valence-corrected chi connectivity index (χ3v) is 2.31. The van der Waals surface area contributed by atoms with Crippen molar-refractivity contribution < 1.29 is 8.78 Å². The third-order valence-electron chi connectivity index (χ3n) is 2.11. The van der Waals surface area contributed by atoms with E-state index in [1.165, 1.54) is 18.3 Å². The third kappa shape index (κ3) is 1.97. The van der Waals surface area contributed by atoms with E-state index in [-0.39, 0.29) is 11.4 Å². The number of hydrogen-bond acceptors (Lipinski definition) is 2. The molecule has 0 bridgehead atoms.